The van der Waals surface area contributed by atoms with Gasteiger partial charge in [0.05, 0.1) is 0 Å². The molecule has 0 aromatic heterocycles. The highest BCUT2D eigenvalue weighted by Crippen LogP contribution is 2.26. The van der Waals surface area contributed by atoms with E-state index in [1.165, 1.54) is 43.4 Å². The first kappa shape index (κ1) is 15.5. The van der Waals surface area contributed by atoms with Gasteiger partial charge in [-0.2, -0.15) is 0 Å². The zero-order valence-electron chi connectivity index (χ0n) is 13.4. The van der Waals surface area contributed by atoms with Crippen LogP contribution in [0.15, 0.2) is 24.3 Å². The van der Waals surface area contributed by atoms with Gasteiger partial charge in [-0.3, -0.25) is 4.90 Å². The van der Waals surface area contributed by atoms with Crippen molar-refractivity contribution in [1.29, 1.82) is 0 Å². The third-order valence-electron chi connectivity index (χ3n) is 4.68. The molecule has 1 fully saturated rings. The van der Waals surface area contributed by atoms with Crippen LogP contribution in [0.4, 0.5) is 0 Å². The summed E-state index contributed by atoms with van der Waals surface area (Å²) >= 11 is 0. The van der Waals surface area contributed by atoms with Crippen molar-refractivity contribution < 1.29 is 0 Å². The molecule has 1 saturated carbocycles. The number of nitrogens with zero attached hydrogens (tertiary/aromatic N) is 1. The van der Waals surface area contributed by atoms with Crippen LogP contribution in [0.3, 0.4) is 0 Å². The van der Waals surface area contributed by atoms with Crippen LogP contribution >= 0.6 is 0 Å². The quantitative estimate of drug-likeness (QED) is 0.811. The summed E-state index contributed by atoms with van der Waals surface area (Å²) in [5, 5.41) is 3.69. The first-order valence-corrected chi connectivity index (χ1v) is 8.29. The zero-order chi connectivity index (χ0) is 14.4. The number of likely N-dealkylation sites (N-methyl/N-ethyl adjacent to an activating group) is 2. The van der Waals surface area contributed by atoms with Crippen LogP contribution < -0.4 is 5.32 Å². The maximum Gasteiger partial charge on any atom is 0.0451 e. The predicted octanol–water partition coefficient (Wildman–Crippen LogP) is 3.91. The Morgan fingerprint density at radius 1 is 1.20 bits per heavy atom. The second-order valence-corrected chi connectivity index (χ2v) is 5.99. The van der Waals surface area contributed by atoms with Crippen LogP contribution in [0.5, 0.6) is 0 Å². The number of benzene rings is 1. The van der Waals surface area contributed by atoms with Crippen LogP contribution in [0.2, 0.25) is 0 Å². The summed E-state index contributed by atoms with van der Waals surface area (Å²) in [6, 6.07) is 10.1. The first-order chi connectivity index (χ1) is 9.76. The summed E-state index contributed by atoms with van der Waals surface area (Å²) in [6.07, 6.45) is 5.61. The Hall–Kier alpha value is -0.860. The van der Waals surface area contributed by atoms with Gasteiger partial charge >= 0.3 is 0 Å². The van der Waals surface area contributed by atoms with Gasteiger partial charge in [0.1, 0.15) is 0 Å². The molecule has 2 rings (SSSR count). The molecule has 0 aliphatic heterocycles. The van der Waals surface area contributed by atoms with Crippen LogP contribution in [-0.2, 0) is 0 Å². The van der Waals surface area contributed by atoms with Gasteiger partial charge in [-0.1, -0.05) is 51.0 Å². The molecule has 0 saturated heterocycles. The molecule has 112 valence electrons. The summed E-state index contributed by atoms with van der Waals surface area (Å²) in [6.45, 7) is 10.1. The minimum absolute atomic E-state index is 0.460. The van der Waals surface area contributed by atoms with Gasteiger partial charge in [-0.25, -0.2) is 0 Å². The van der Waals surface area contributed by atoms with Gasteiger partial charge in [-0.15, -0.1) is 0 Å². The lowest BCUT2D eigenvalue weighted by Gasteiger charge is -2.32. The van der Waals surface area contributed by atoms with E-state index >= 15 is 0 Å². The molecule has 0 bridgehead atoms. The molecule has 1 aliphatic rings. The molecule has 0 amide bonds. The molecule has 1 aromatic rings. The van der Waals surface area contributed by atoms with E-state index < -0.39 is 0 Å². The molecule has 1 atom stereocenters. The molecule has 2 nitrogen and oxygen atoms in total. The standard InChI is InChI=1S/C18H30N2/c1-4-19-18(17-13-9-6-10-15(17)3)14-20(5-2)16-11-7-8-12-16/h6,9-10,13,16,18-19H,4-5,7-8,11-12,14H2,1-3H3. The molecular weight excluding hydrogens is 244 g/mol. The van der Waals surface area contributed by atoms with Crippen LogP contribution in [0.1, 0.15) is 56.7 Å². The van der Waals surface area contributed by atoms with Crippen molar-refractivity contribution >= 4 is 0 Å². The van der Waals surface area contributed by atoms with Crippen molar-refractivity contribution in [1.82, 2.24) is 10.2 Å². The molecule has 20 heavy (non-hydrogen) atoms. The normalized spacial score (nSPS) is 17.8. The van der Waals surface area contributed by atoms with Crippen molar-refractivity contribution in [3.05, 3.63) is 35.4 Å². The lowest BCUT2D eigenvalue weighted by atomic mass is 10.00. The highest BCUT2D eigenvalue weighted by molar-refractivity contribution is 5.29. The first-order valence-electron chi connectivity index (χ1n) is 8.29. The Morgan fingerprint density at radius 3 is 2.50 bits per heavy atom. The Labute approximate surface area is 124 Å². The van der Waals surface area contributed by atoms with E-state index in [-0.39, 0.29) is 0 Å². The summed E-state index contributed by atoms with van der Waals surface area (Å²) in [5.41, 5.74) is 2.87. The van der Waals surface area contributed by atoms with E-state index in [9.17, 15) is 0 Å². The summed E-state index contributed by atoms with van der Waals surface area (Å²) in [5.74, 6) is 0. The summed E-state index contributed by atoms with van der Waals surface area (Å²) < 4.78 is 0. The van der Waals surface area contributed by atoms with Crippen LogP contribution in [-0.4, -0.2) is 30.6 Å². The average molecular weight is 274 g/mol. The van der Waals surface area contributed by atoms with Crippen molar-refractivity contribution in [2.45, 2.75) is 58.5 Å². The number of aryl methyl sites for hydroxylation is 1. The molecular formula is C18H30N2. The minimum Gasteiger partial charge on any atom is -0.309 e. The lowest BCUT2D eigenvalue weighted by Crippen LogP contribution is -2.40. The Bertz CT molecular complexity index is 396. The van der Waals surface area contributed by atoms with E-state index in [1.807, 2.05) is 0 Å². The van der Waals surface area contributed by atoms with Crippen molar-refractivity contribution in [3.63, 3.8) is 0 Å². The average Bonchev–Trinajstić information content (AvgIpc) is 2.98. The molecule has 1 N–H and O–H groups in total. The third kappa shape index (κ3) is 3.83. The van der Waals surface area contributed by atoms with Crippen molar-refractivity contribution in [2.24, 2.45) is 0 Å². The summed E-state index contributed by atoms with van der Waals surface area (Å²) in [7, 11) is 0. The zero-order valence-corrected chi connectivity index (χ0v) is 13.4. The fraction of sp³-hybridized carbons (Fsp3) is 0.667. The van der Waals surface area contributed by atoms with E-state index in [1.54, 1.807) is 0 Å². The molecule has 0 heterocycles. The van der Waals surface area contributed by atoms with E-state index in [4.69, 9.17) is 0 Å². The minimum atomic E-state index is 0.460. The maximum absolute atomic E-state index is 3.69. The molecule has 1 aliphatic carbocycles. The van der Waals surface area contributed by atoms with Crippen LogP contribution in [0.25, 0.3) is 0 Å². The topological polar surface area (TPSA) is 15.3 Å². The van der Waals surface area contributed by atoms with Gasteiger partial charge in [0.2, 0.25) is 0 Å². The van der Waals surface area contributed by atoms with Crippen molar-refractivity contribution in [2.75, 3.05) is 19.6 Å². The molecule has 0 radical (unpaired) electrons. The monoisotopic (exact) mass is 274 g/mol. The molecule has 1 unspecified atom stereocenters. The number of hydrogen-bond donors (Lipinski definition) is 1. The van der Waals surface area contributed by atoms with Crippen LogP contribution in [0, 0.1) is 6.92 Å². The van der Waals surface area contributed by atoms with Gasteiger partial charge in [0.15, 0.2) is 0 Å². The number of rotatable bonds is 7. The molecule has 1 aromatic carbocycles. The smallest absolute Gasteiger partial charge is 0.0451 e. The predicted molar refractivity (Wildman–Crippen MR) is 87.1 cm³/mol. The fourth-order valence-corrected chi connectivity index (χ4v) is 3.54. The number of hydrogen-bond acceptors (Lipinski definition) is 2. The second-order valence-electron chi connectivity index (χ2n) is 5.99. The van der Waals surface area contributed by atoms with E-state index in [0.717, 1.165) is 19.1 Å². The van der Waals surface area contributed by atoms with Gasteiger partial charge in [0, 0.05) is 18.6 Å². The number of nitrogens with one attached hydrogen (secondary N) is 1. The third-order valence-corrected chi connectivity index (χ3v) is 4.68. The second kappa shape index (κ2) is 7.80. The van der Waals surface area contributed by atoms with E-state index in [2.05, 4.69) is 55.3 Å². The van der Waals surface area contributed by atoms with E-state index in [0.29, 0.717) is 6.04 Å². The summed E-state index contributed by atoms with van der Waals surface area (Å²) in [4.78, 5) is 2.69. The highest BCUT2D eigenvalue weighted by Gasteiger charge is 2.24. The molecule has 2 heteroatoms. The fourth-order valence-electron chi connectivity index (χ4n) is 3.54. The lowest BCUT2D eigenvalue weighted by molar-refractivity contribution is 0.187. The Kier molecular flexibility index (Phi) is 6.06. The SMILES string of the molecule is CCNC(CN(CC)C1CCCC1)c1ccccc1C. The molecule has 0 spiro atoms. The van der Waals surface area contributed by atoms with Crippen molar-refractivity contribution in [3.8, 4) is 0 Å². The Morgan fingerprint density at radius 2 is 1.90 bits per heavy atom. The van der Waals surface area contributed by atoms with Gasteiger partial charge < -0.3 is 5.32 Å². The highest BCUT2D eigenvalue weighted by atomic mass is 15.2. The van der Waals surface area contributed by atoms with Gasteiger partial charge in [0.25, 0.3) is 0 Å². The largest absolute Gasteiger partial charge is 0.309 e. The Balaban J connectivity index is 2.09. The maximum atomic E-state index is 3.69. The van der Waals surface area contributed by atoms with Gasteiger partial charge in [-0.05, 0) is 44.0 Å².